The Kier molecular flexibility index (Phi) is 4.52. The number of amides is 1. The van der Waals surface area contributed by atoms with Gasteiger partial charge in [-0.25, -0.2) is 4.79 Å². The van der Waals surface area contributed by atoms with Gasteiger partial charge in [0.05, 0.1) is 12.1 Å². The summed E-state index contributed by atoms with van der Waals surface area (Å²) < 4.78 is 11.3. The fourth-order valence-electron chi connectivity index (χ4n) is 4.26. The van der Waals surface area contributed by atoms with Crippen LogP contribution in [0.1, 0.15) is 11.5 Å². The zero-order chi connectivity index (χ0) is 19.7. The Morgan fingerprint density at radius 2 is 1.72 bits per heavy atom. The summed E-state index contributed by atoms with van der Waals surface area (Å²) in [6.07, 6.45) is 0.541. The number of benzene rings is 2. The van der Waals surface area contributed by atoms with E-state index in [2.05, 4.69) is 27.2 Å². The number of fused-ring (bicyclic) bond motifs is 1. The summed E-state index contributed by atoms with van der Waals surface area (Å²) in [6, 6.07) is 20.0. The Bertz CT molecular complexity index is 992. The van der Waals surface area contributed by atoms with E-state index in [1.54, 1.807) is 0 Å². The molecule has 29 heavy (non-hydrogen) atoms. The third-order valence-corrected chi connectivity index (χ3v) is 5.64. The van der Waals surface area contributed by atoms with Crippen molar-refractivity contribution in [1.29, 1.82) is 0 Å². The quantitative estimate of drug-likeness (QED) is 0.667. The Hall–Kier alpha value is -3.19. The van der Waals surface area contributed by atoms with Gasteiger partial charge in [-0.3, -0.25) is 9.80 Å². The highest BCUT2D eigenvalue weighted by atomic mass is 16.6. The second-order valence-electron chi connectivity index (χ2n) is 7.67. The molecule has 2 aromatic carbocycles. The first-order valence-corrected chi connectivity index (χ1v) is 9.80. The van der Waals surface area contributed by atoms with Crippen molar-refractivity contribution in [3.05, 3.63) is 72.1 Å². The molecule has 0 spiro atoms. The van der Waals surface area contributed by atoms with Crippen LogP contribution in [0.2, 0.25) is 0 Å². The molecule has 0 saturated carbocycles. The van der Waals surface area contributed by atoms with E-state index >= 15 is 0 Å². The first-order chi connectivity index (χ1) is 14.2. The lowest BCUT2D eigenvalue weighted by atomic mass is 9.88. The molecule has 5 rings (SSSR count). The van der Waals surface area contributed by atoms with Gasteiger partial charge in [-0.2, -0.15) is 0 Å². The molecule has 0 bridgehead atoms. The Balaban J connectivity index is 1.33. The van der Waals surface area contributed by atoms with Gasteiger partial charge in [-0.1, -0.05) is 48.5 Å². The highest BCUT2D eigenvalue weighted by molar-refractivity contribution is 5.71. The zero-order valence-electron chi connectivity index (χ0n) is 16.0. The molecule has 148 valence electrons. The number of hydrogen-bond donors (Lipinski definition) is 0. The van der Waals surface area contributed by atoms with Gasteiger partial charge >= 0.3 is 6.09 Å². The maximum atomic E-state index is 12.3. The maximum Gasteiger partial charge on any atom is 0.410 e. The number of nitrogens with zero attached hydrogens (tertiary/aromatic N) is 4. The zero-order valence-corrected chi connectivity index (χ0v) is 16.0. The van der Waals surface area contributed by atoms with Crippen LogP contribution < -0.4 is 0 Å². The van der Waals surface area contributed by atoms with Crippen LogP contribution >= 0.6 is 0 Å². The number of rotatable bonds is 5. The van der Waals surface area contributed by atoms with Crippen LogP contribution in [0.15, 0.2) is 65.1 Å². The minimum Gasteiger partial charge on any atom is -0.447 e. The van der Waals surface area contributed by atoms with Gasteiger partial charge in [-0.15, -0.1) is 10.2 Å². The SMILES string of the molecule is O=C1OCC2(Cc3ccccc3)CN(Cc3nnc(-c4ccccc4)o3)CCN12. The standard InChI is InChI=1S/C22H22N4O3/c27-21-26-12-11-25(14-19-23-24-20(29-19)18-9-5-2-6-10-18)15-22(26,16-28-21)13-17-7-3-1-4-8-17/h1-10H,11-16H2. The average molecular weight is 390 g/mol. The van der Waals surface area contributed by atoms with Crippen LogP contribution in [-0.4, -0.2) is 57.9 Å². The third-order valence-electron chi connectivity index (χ3n) is 5.64. The predicted octanol–water partition coefficient (Wildman–Crippen LogP) is 2.99. The van der Waals surface area contributed by atoms with E-state index < -0.39 is 0 Å². The number of cyclic esters (lactones) is 1. The van der Waals surface area contributed by atoms with Crippen molar-refractivity contribution in [2.75, 3.05) is 26.2 Å². The van der Waals surface area contributed by atoms with Gasteiger partial charge in [0.15, 0.2) is 0 Å². The third kappa shape index (κ3) is 3.49. The molecule has 2 saturated heterocycles. The summed E-state index contributed by atoms with van der Waals surface area (Å²) in [7, 11) is 0. The number of carbonyl (C=O) groups is 1. The lowest BCUT2D eigenvalue weighted by Crippen LogP contribution is -2.62. The van der Waals surface area contributed by atoms with Gasteiger partial charge in [0.25, 0.3) is 0 Å². The molecule has 3 heterocycles. The van der Waals surface area contributed by atoms with E-state index in [1.807, 2.05) is 53.4 Å². The van der Waals surface area contributed by atoms with Crippen LogP contribution in [-0.2, 0) is 17.7 Å². The van der Waals surface area contributed by atoms with Crippen molar-refractivity contribution in [3.63, 3.8) is 0 Å². The molecule has 1 amide bonds. The predicted molar refractivity (Wildman–Crippen MR) is 106 cm³/mol. The minimum absolute atomic E-state index is 0.218. The molecular formula is C22H22N4O3. The molecule has 2 aliphatic rings. The molecule has 7 nitrogen and oxygen atoms in total. The second kappa shape index (κ2) is 7.33. The number of carbonyl (C=O) groups excluding carboxylic acids is 1. The van der Waals surface area contributed by atoms with E-state index in [4.69, 9.17) is 9.15 Å². The van der Waals surface area contributed by atoms with Crippen LogP contribution in [0, 0.1) is 0 Å². The summed E-state index contributed by atoms with van der Waals surface area (Å²) >= 11 is 0. The summed E-state index contributed by atoms with van der Waals surface area (Å²) in [6.45, 7) is 3.03. The monoisotopic (exact) mass is 390 g/mol. The highest BCUT2D eigenvalue weighted by Crippen LogP contribution is 2.33. The molecule has 7 heteroatoms. The van der Waals surface area contributed by atoms with Gasteiger partial charge < -0.3 is 9.15 Å². The Morgan fingerprint density at radius 1 is 0.966 bits per heavy atom. The molecule has 0 N–H and O–H groups in total. The fraction of sp³-hybridized carbons (Fsp3) is 0.318. The number of hydrogen-bond acceptors (Lipinski definition) is 6. The summed E-state index contributed by atoms with van der Waals surface area (Å²) in [5.41, 5.74) is 1.74. The van der Waals surface area contributed by atoms with Crippen LogP contribution in [0.25, 0.3) is 11.5 Å². The molecule has 1 unspecified atom stereocenters. The average Bonchev–Trinajstić information content (AvgIpc) is 3.34. The number of piperazine rings is 1. The topological polar surface area (TPSA) is 71.7 Å². The van der Waals surface area contributed by atoms with Gasteiger partial charge in [0.2, 0.25) is 11.8 Å². The molecule has 1 aromatic heterocycles. The maximum absolute atomic E-state index is 12.3. The van der Waals surface area contributed by atoms with Crippen LogP contribution in [0.4, 0.5) is 4.79 Å². The molecule has 0 aliphatic carbocycles. The first kappa shape index (κ1) is 17.9. The molecule has 2 fully saturated rings. The largest absolute Gasteiger partial charge is 0.447 e. The van der Waals surface area contributed by atoms with E-state index in [9.17, 15) is 4.79 Å². The Labute approximate surface area is 168 Å². The first-order valence-electron chi connectivity index (χ1n) is 9.80. The fourth-order valence-corrected chi connectivity index (χ4v) is 4.26. The van der Waals surface area contributed by atoms with Crippen molar-refractivity contribution in [3.8, 4) is 11.5 Å². The molecule has 0 radical (unpaired) electrons. The summed E-state index contributed by atoms with van der Waals surface area (Å²) in [5.74, 6) is 1.11. The number of ether oxygens (including phenoxy) is 1. The Morgan fingerprint density at radius 3 is 2.52 bits per heavy atom. The van der Waals surface area contributed by atoms with Crippen LogP contribution in [0.3, 0.4) is 0 Å². The van der Waals surface area contributed by atoms with Gasteiger partial charge in [0, 0.05) is 31.6 Å². The van der Waals surface area contributed by atoms with Crippen molar-refractivity contribution >= 4 is 6.09 Å². The van der Waals surface area contributed by atoms with Crippen molar-refractivity contribution in [2.45, 2.75) is 18.5 Å². The lowest BCUT2D eigenvalue weighted by molar-refractivity contribution is 0.0434. The lowest BCUT2D eigenvalue weighted by Gasteiger charge is -2.44. The molecule has 2 aliphatic heterocycles. The minimum atomic E-state index is -0.362. The van der Waals surface area contributed by atoms with Crippen molar-refractivity contribution in [2.24, 2.45) is 0 Å². The molecule has 3 aromatic rings. The normalized spacial score (nSPS) is 21.8. The van der Waals surface area contributed by atoms with Gasteiger partial charge in [0.1, 0.15) is 6.61 Å². The van der Waals surface area contributed by atoms with E-state index in [-0.39, 0.29) is 11.6 Å². The van der Waals surface area contributed by atoms with Gasteiger partial charge in [-0.05, 0) is 17.7 Å². The van der Waals surface area contributed by atoms with Crippen LogP contribution in [0.5, 0.6) is 0 Å². The highest BCUT2D eigenvalue weighted by Gasteiger charge is 2.50. The van der Waals surface area contributed by atoms with Crippen molar-refractivity contribution < 1.29 is 13.9 Å². The van der Waals surface area contributed by atoms with E-state index in [0.717, 1.165) is 18.5 Å². The van der Waals surface area contributed by atoms with E-state index in [0.29, 0.717) is 38.0 Å². The smallest absolute Gasteiger partial charge is 0.410 e. The second-order valence-corrected chi connectivity index (χ2v) is 7.67. The molecule has 1 atom stereocenters. The van der Waals surface area contributed by atoms with Crippen molar-refractivity contribution in [1.82, 2.24) is 20.0 Å². The number of aromatic nitrogens is 2. The molecular weight excluding hydrogens is 368 g/mol. The summed E-state index contributed by atoms with van der Waals surface area (Å²) in [4.78, 5) is 16.4. The van der Waals surface area contributed by atoms with E-state index in [1.165, 1.54) is 5.56 Å². The summed E-state index contributed by atoms with van der Waals surface area (Å²) in [5, 5.41) is 8.41.